The van der Waals surface area contributed by atoms with Crippen molar-refractivity contribution in [1.82, 2.24) is 5.43 Å². The fraction of sp³-hybridized carbons (Fsp3) is 0.0625. The molecular weight excluding hydrogens is 300 g/mol. The molecule has 2 rings (SSSR count). The van der Waals surface area contributed by atoms with Crippen molar-refractivity contribution >= 4 is 18.1 Å². The van der Waals surface area contributed by atoms with E-state index in [0.29, 0.717) is 11.3 Å². The van der Waals surface area contributed by atoms with Crippen molar-refractivity contribution in [3.05, 3.63) is 59.7 Å². The van der Waals surface area contributed by atoms with Crippen molar-refractivity contribution < 1.29 is 24.5 Å². The molecule has 0 unspecified atom stereocenters. The second kappa shape index (κ2) is 7.60. The third kappa shape index (κ3) is 4.57. The number of hydrazone groups is 1. The number of para-hydroxylation sites is 2. The lowest BCUT2D eigenvalue weighted by Gasteiger charge is -2.06. The number of amides is 1. The largest absolute Gasteiger partial charge is 0.507 e. The average molecular weight is 314 g/mol. The Morgan fingerprint density at radius 1 is 1.13 bits per heavy atom. The normalized spacial score (nSPS) is 10.4. The van der Waals surface area contributed by atoms with Gasteiger partial charge in [0.2, 0.25) is 0 Å². The van der Waals surface area contributed by atoms with Crippen molar-refractivity contribution in [2.45, 2.75) is 0 Å². The van der Waals surface area contributed by atoms with Crippen LogP contribution in [0.5, 0.6) is 11.5 Å². The topological polar surface area (TPSA) is 108 Å². The van der Waals surface area contributed by atoms with Crippen molar-refractivity contribution in [3.8, 4) is 11.5 Å². The van der Waals surface area contributed by atoms with Gasteiger partial charge in [-0.05, 0) is 24.3 Å². The molecule has 0 saturated carbocycles. The summed E-state index contributed by atoms with van der Waals surface area (Å²) in [6.45, 7) is -0.477. The van der Waals surface area contributed by atoms with Gasteiger partial charge in [0.1, 0.15) is 11.5 Å². The number of benzene rings is 2. The lowest BCUT2D eigenvalue weighted by Crippen LogP contribution is -2.17. The number of rotatable bonds is 6. The monoisotopic (exact) mass is 314 g/mol. The van der Waals surface area contributed by atoms with Crippen LogP contribution in [0.1, 0.15) is 15.9 Å². The van der Waals surface area contributed by atoms with Crippen molar-refractivity contribution in [2.24, 2.45) is 5.10 Å². The van der Waals surface area contributed by atoms with Gasteiger partial charge in [0.05, 0.1) is 11.8 Å². The second-order valence-corrected chi connectivity index (χ2v) is 4.44. The van der Waals surface area contributed by atoms with E-state index in [1.54, 1.807) is 36.4 Å². The van der Waals surface area contributed by atoms with Gasteiger partial charge >= 0.3 is 5.97 Å². The van der Waals surface area contributed by atoms with Crippen LogP contribution in [-0.2, 0) is 4.79 Å². The number of carbonyl (C=O) groups excluding carboxylic acids is 1. The summed E-state index contributed by atoms with van der Waals surface area (Å²) in [4.78, 5) is 22.4. The molecule has 0 aliphatic heterocycles. The SMILES string of the molecule is O=C(O)COc1ccccc1C=NNC(=O)c1ccccc1O. The van der Waals surface area contributed by atoms with Crippen LogP contribution < -0.4 is 10.2 Å². The Balaban J connectivity index is 2.05. The molecule has 7 nitrogen and oxygen atoms in total. The van der Waals surface area contributed by atoms with E-state index in [2.05, 4.69) is 10.5 Å². The number of nitrogens with one attached hydrogen (secondary N) is 1. The Morgan fingerprint density at radius 2 is 1.83 bits per heavy atom. The zero-order valence-corrected chi connectivity index (χ0v) is 12.0. The van der Waals surface area contributed by atoms with E-state index in [9.17, 15) is 14.7 Å². The van der Waals surface area contributed by atoms with Gasteiger partial charge in [0.15, 0.2) is 6.61 Å². The molecule has 0 bridgehead atoms. The fourth-order valence-corrected chi connectivity index (χ4v) is 1.74. The number of nitrogens with zero attached hydrogens (tertiary/aromatic N) is 1. The molecule has 0 spiro atoms. The van der Waals surface area contributed by atoms with Gasteiger partial charge in [-0.15, -0.1) is 0 Å². The van der Waals surface area contributed by atoms with Gasteiger partial charge in [0.25, 0.3) is 5.91 Å². The number of aliphatic carboxylic acids is 1. The Morgan fingerprint density at radius 3 is 2.57 bits per heavy atom. The molecule has 0 aromatic heterocycles. The number of hydrogen-bond donors (Lipinski definition) is 3. The Hall–Kier alpha value is -3.35. The summed E-state index contributed by atoms with van der Waals surface area (Å²) in [7, 11) is 0. The highest BCUT2D eigenvalue weighted by molar-refractivity contribution is 5.97. The molecule has 23 heavy (non-hydrogen) atoms. The van der Waals surface area contributed by atoms with E-state index in [1.165, 1.54) is 18.3 Å². The highest BCUT2D eigenvalue weighted by Crippen LogP contribution is 2.16. The smallest absolute Gasteiger partial charge is 0.341 e. The number of aromatic hydroxyl groups is 1. The Bertz CT molecular complexity index is 743. The van der Waals surface area contributed by atoms with Gasteiger partial charge in [-0.3, -0.25) is 4.79 Å². The zero-order valence-electron chi connectivity index (χ0n) is 12.0. The van der Waals surface area contributed by atoms with Gasteiger partial charge < -0.3 is 14.9 Å². The standard InChI is InChI=1S/C16H14N2O5/c19-13-7-3-2-6-12(13)16(22)18-17-9-11-5-1-4-8-14(11)23-10-15(20)21/h1-9,19H,10H2,(H,18,22)(H,20,21). The van der Waals surface area contributed by atoms with Crippen LogP contribution in [0.4, 0.5) is 0 Å². The van der Waals surface area contributed by atoms with Crippen LogP contribution in [0.15, 0.2) is 53.6 Å². The van der Waals surface area contributed by atoms with Gasteiger partial charge in [-0.1, -0.05) is 24.3 Å². The summed E-state index contributed by atoms with van der Waals surface area (Å²) >= 11 is 0. The molecule has 2 aromatic carbocycles. The molecule has 2 aromatic rings. The first kappa shape index (κ1) is 16.0. The minimum absolute atomic E-state index is 0.0973. The second-order valence-electron chi connectivity index (χ2n) is 4.44. The van der Waals surface area contributed by atoms with Crippen LogP contribution in [-0.4, -0.2) is 34.9 Å². The molecule has 0 atom stereocenters. The predicted octanol–water partition coefficient (Wildman–Crippen LogP) is 1.62. The van der Waals surface area contributed by atoms with E-state index in [1.807, 2.05) is 0 Å². The van der Waals surface area contributed by atoms with Crippen LogP contribution in [0.3, 0.4) is 0 Å². The number of carbonyl (C=O) groups is 2. The maximum atomic E-state index is 11.9. The number of carboxylic acid groups (broad SMARTS) is 1. The first-order valence-corrected chi connectivity index (χ1v) is 6.63. The average Bonchev–Trinajstić information content (AvgIpc) is 2.54. The van der Waals surface area contributed by atoms with Crippen molar-refractivity contribution in [2.75, 3.05) is 6.61 Å². The number of phenolic OH excluding ortho intramolecular Hbond substituents is 1. The molecule has 1 amide bonds. The van der Waals surface area contributed by atoms with Crippen LogP contribution in [0, 0.1) is 0 Å². The highest BCUT2D eigenvalue weighted by atomic mass is 16.5. The summed E-state index contributed by atoms with van der Waals surface area (Å²) in [5.74, 6) is -1.48. The minimum atomic E-state index is -1.09. The molecule has 118 valence electrons. The lowest BCUT2D eigenvalue weighted by molar-refractivity contribution is -0.139. The molecular formula is C16H14N2O5. The molecule has 0 saturated heterocycles. The number of ether oxygens (including phenoxy) is 1. The van der Waals surface area contributed by atoms with Gasteiger partial charge in [-0.25, -0.2) is 10.2 Å². The molecule has 0 fully saturated rings. The zero-order chi connectivity index (χ0) is 16.7. The number of phenols is 1. The molecule has 0 aliphatic carbocycles. The molecule has 0 radical (unpaired) electrons. The van der Waals surface area contributed by atoms with E-state index in [-0.39, 0.29) is 11.3 Å². The third-order valence-corrected chi connectivity index (χ3v) is 2.79. The summed E-state index contributed by atoms with van der Waals surface area (Å²) in [5.41, 5.74) is 2.88. The van der Waals surface area contributed by atoms with Crippen LogP contribution >= 0.6 is 0 Å². The summed E-state index contributed by atoms with van der Waals surface area (Å²) in [6.07, 6.45) is 1.33. The van der Waals surface area contributed by atoms with Gasteiger partial charge in [-0.2, -0.15) is 5.10 Å². The summed E-state index contributed by atoms with van der Waals surface area (Å²) in [6, 6.07) is 12.7. The first-order valence-electron chi connectivity index (χ1n) is 6.63. The minimum Gasteiger partial charge on any atom is -0.507 e. The lowest BCUT2D eigenvalue weighted by atomic mass is 10.2. The molecule has 7 heteroatoms. The highest BCUT2D eigenvalue weighted by Gasteiger charge is 2.09. The first-order chi connectivity index (χ1) is 11.1. The van der Waals surface area contributed by atoms with Crippen molar-refractivity contribution in [1.29, 1.82) is 0 Å². The van der Waals surface area contributed by atoms with E-state index in [4.69, 9.17) is 9.84 Å². The van der Waals surface area contributed by atoms with E-state index in [0.717, 1.165) is 0 Å². The number of hydrogen-bond acceptors (Lipinski definition) is 5. The molecule has 0 aliphatic rings. The maximum Gasteiger partial charge on any atom is 0.341 e. The van der Waals surface area contributed by atoms with E-state index >= 15 is 0 Å². The maximum absolute atomic E-state index is 11.9. The van der Waals surface area contributed by atoms with Gasteiger partial charge in [0, 0.05) is 5.56 Å². The predicted molar refractivity (Wildman–Crippen MR) is 82.7 cm³/mol. The summed E-state index contributed by atoms with van der Waals surface area (Å²) in [5, 5.41) is 22.0. The molecule has 3 N–H and O–H groups in total. The quantitative estimate of drug-likeness (QED) is 0.554. The Labute approximate surface area is 131 Å². The Kier molecular flexibility index (Phi) is 5.30. The van der Waals surface area contributed by atoms with E-state index < -0.39 is 18.5 Å². The third-order valence-electron chi connectivity index (χ3n) is 2.79. The fourth-order valence-electron chi connectivity index (χ4n) is 1.74. The van der Waals surface area contributed by atoms with Crippen LogP contribution in [0.2, 0.25) is 0 Å². The van der Waals surface area contributed by atoms with Crippen molar-refractivity contribution in [3.63, 3.8) is 0 Å². The number of carboxylic acids is 1. The molecule has 0 heterocycles. The van der Waals surface area contributed by atoms with Crippen LogP contribution in [0.25, 0.3) is 0 Å². The summed E-state index contributed by atoms with van der Waals surface area (Å²) < 4.78 is 5.12.